The molecule has 7 nitrogen and oxygen atoms in total. The second kappa shape index (κ2) is 7.79. The fraction of sp³-hybridized carbons (Fsp3) is 0.529. The molecule has 1 aliphatic heterocycles. The van der Waals surface area contributed by atoms with E-state index in [2.05, 4.69) is 9.97 Å². The highest BCUT2D eigenvalue weighted by Gasteiger charge is 2.30. The zero-order valence-corrected chi connectivity index (χ0v) is 16.5. The molecule has 3 heterocycles. The summed E-state index contributed by atoms with van der Waals surface area (Å²) < 4.78 is 0. The molecule has 0 saturated carbocycles. The highest BCUT2D eigenvalue weighted by molar-refractivity contribution is 7.99. The highest BCUT2D eigenvalue weighted by Crippen LogP contribution is 2.26. The predicted molar refractivity (Wildman–Crippen MR) is 104 cm³/mol. The molecule has 2 aromatic heterocycles. The number of primary amides is 1. The van der Waals surface area contributed by atoms with Gasteiger partial charge in [0.15, 0.2) is 0 Å². The standard InChI is InChI=1S/C17H22N4O3S2/c1-9-10(2)26-17-14(9)16(24)19-12(20-17)7-25-8-13(22)21-6-4-3-5-11(21)15(18)23/h11H,3-8H2,1-2H3,(H2,18,23)(H,19,20,24)/t11-/m0/s1. The minimum Gasteiger partial charge on any atom is -0.368 e. The number of fused-ring (bicyclic) bond motifs is 1. The molecule has 0 radical (unpaired) electrons. The molecule has 1 saturated heterocycles. The molecule has 0 bridgehead atoms. The van der Waals surface area contributed by atoms with Gasteiger partial charge in [-0.2, -0.15) is 0 Å². The number of rotatable bonds is 5. The fourth-order valence-corrected chi connectivity index (χ4v) is 5.03. The van der Waals surface area contributed by atoms with E-state index in [-0.39, 0.29) is 17.2 Å². The molecule has 1 aliphatic rings. The minimum absolute atomic E-state index is 0.0928. The first-order chi connectivity index (χ1) is 12.4. The fourth-order valence-electron chi connectivity index (χ4n) is 3.21. The Hall–Kier alpha value is -1.87. The van der Waals surface area contributed by atoms with Crippen molar-refractivity contribution in [2.45, 2.75) is 44.9 Å². The molecule has 2 amide bonds. The maximum absolute atomic E-state index is 12.4. The van der Waals surface area contributed by atoms with Crippen LogP contribution in [0.5, 0.6) is 0 Å². The predicted octanol–water partition coefficient (Wildman–Crippen LogP) is 1.70. The van der Waals surface area contributed by atoms with Gasteiger partial charge in [0.2, 0.25) is 11.8 Å². The van der Waals surface area contributed by atoms with Gasteiger partial charge in [0, 0.05) is 11.4 Å². The zero-order chi connectivity index (χ0) is 18.8. The lowest BCUT2D eigenvalue weighted by molar-refractivity contribution is -0.138. The van der Waals surface area contributed by atoms with Crippen molar-refractivity contribution in [3.8, 4) is 0 Å². The van der Waals surface area contributed by atoms with Crippen LogP contribution in [0.15, 0.2) is 4.79 Å². The second-order valence-corrected chi connectivity index (χ2v) is 8.66. The van der Waals surface area contributed by atoms with Crippen LogP contribution in [0.25, 0.3) is 10.2 Å². The topological polar surface area (TPSA) is 109 Å². The van der Waals surface area contributed by atoms with Crippen molar-refractivity contribution in [2.75, 3.05) is 12.3 Å². The summed E-state index contributed by atoms with van der Waals surface area (Å²) in [6.45, 7) is 4.47. The van der Waals surface area contributed by atoms with Gasteiger partial charge >= 0.3 is 0 Å². The molecule has 1 fully saturated rings. The summed E-state index contributed by atoms with van der Waals surface area (Å²) in [5.41, 5.74) is 6.24. The van der Waals surface area contributed by atoms with Gasteiger partial charge in [0.05, 0.1) is 16.9 Å². The van der Waals surface area contributed by atoms with E-state index in [9.17, 15) is 14.4 Å². The molecular formula is C17H22N4O3S2. The van der Waals surface area contributed by atoms with Crippen LogP contribution in [-0.2, 0) is 15.3 Å². The Balaban J connectivity index is 1.64. The number of likely N-dealkylation sites (tertiary alicyclic amines) is 1. The number of piperidine rings is 1. The number of nitrogens with two attached hydrogens (primary N) is 1. The third kappa shape index (κ3) is 3.78. The molecule has 1 atom stereocenters. The molecule has 3 N–H and O–H groups in total. The van der Waals surface area contributed by atoms with Gasteiger partial charge in [-0.25, -0.2) is 4.98 Å². The second-order valence-electron chi connectivity index (χ2n) is 6.47. The van der Waals surface area contributed by atoms with E-state index in [0.717, 1.165) is 28.1 Å². The SMILES string of the molecule is Cc1sc2nc(CSCC(=O)N3CCCC[C@H]3C(N)=O)[nH]c(=O)c2c1C. The molecular weight excluding hydrogens is 372 g/mol. The van der Waals surface area contributed by atoms with Crippen LogP contribution < -0.4 is 11.3 Å². The highest BCUT2D eigenvalue weighted by atomic mass is 32.2. The number of thioether (sulfide) groups is 1. The van der Waals surface area contributed by atoms with E-state index in [1.807, 2.05) is 13.8 Å². The maximum Gasteiger partial charge on any atom is 0.259 e. The number of nitrogens with one attached hydrogen (secondary N) is 1. The molecule has 9 heteroatoms. The van der Waals surface area contributed by atoms with E-state index < -0.39 is 11.9 Å². The van der Waals surface area contributed by atoms with Crippen molar-refractivity contribution >= 4 is 45.1 Å². The number of hydrogen-bond donors (Lipinski definition) is 2. The molecule has 0 aromatic carbocycles. The van der Waals surface area contributed by atoms with Gasteiger partial charge in [0.25, 0.3) is 5.56 Å². The summed E-state index contributed by atoms with van der Waals surface area (Å²) in [4.78, 5) is 47.0. The van der Waals surface area contributed by atoms with Crippen molar-refractivity contribution < 1.29 is 9.59 Å². The Kier molecular flexibility index (Phi) is 5.67. The van der Waals surface area contributed by atoms with E-state index in [1.165, 1.54) is 23.1 Å². The Bertz CT molecular complexity index is 905. The maximum atomic E-state index is 12.4. The van der Waals surface area contributed by atoms with Crippen LogP contribution in [-0.4, -0.2) is 45.0 Å². The van der Waals surface area contributed by atoms with Crippen LogP contribution in [0, 0.1) is 13.8 Å². The summed E-state index contributed by atoms with van der Waals surface area (Å²) in [7, 11) is 0. The van der Waals surface area contributed by atoms with Crippen molar-refractivity contribution in [1.82, 2.24) is 14.9 Å². The summed E-state index contributed by atoms with van der Waals surface area (Å²) in [5, 5.41) is 0.648. The lowest BCUT2D eigenvalue weighted by Crippen LogP contribution is -2.51. The minimum atomic E-state index is -0.497. The van der Waals surface area contributed by atoms with Gasteiger partial charge in [-0.1, -0.05) is 0 Å². The van der Waals surface area contributed by atoms with Crippen molar-refractivity contribution in [2.24, 2.45) is 5.73 Å². The van der Waals surface area contributed by atoms with Gasteiger partial charge in [0.1, 0.15) is 16.7 Å². The Morgan fingerprint density at radius 2 is 2.15 bits per heavy atom. The number of H-pyrrole nitrogens is 1. The lowest BCUT2D eigenvalue weighted by atomic mass is 10.0. The van der Waals surface area contributed by atoms with Crippen molar-refractivity contribution in [3.63, 3.8) is 0 Å². The number of hydrogen-bond acceptors (Lipinski definition) is 6. The van der Waals surface area contributed by atoms with Gasteiger partial charge in [-0.05, 0) is 38.7 Å². The van der Waals surface area contributed by atoms with Crippen LogP contribution in [0.1, 0.15) is 35.5 Å². The number of aryl methyl sites for hydroxylation is 2. The summed E-state index contributed by atoms with van der Waals surface area (Å²) in [6.07, 6.45) is 2.44. The Morgan fingerprint density at radius 3 is 2.88 bits per heavy atom. The van der Waals surface area contributed by atoms with Crippen LogP contribution in [0.3, 0.4) is 0 Å². The first-order valence-corrected chi connectivity index (χ1v) is 10.5. The quantitative estimate of drug-likeness (QED) is 0.802. The van der Waals surface area contributed by atoms with E-state index in [4.69, 9.17) is 5.73 Å². The number of carbonyl (C=O) groups is 2. The third-order valence-electron chi connectivity index (χ3n) is 4.70. The first kappa shape index (κ1) is 18.9. The first-order valence-electron chi connectivity index (χ1n) is 8.54. The average Bonchev–Trinajstić information content (AvgIpc) is 2.89. The zero-order valence-electron chi connectivity index (χ0n) is 14.8. The molecule has 26 heavy (non-hydrogen) atoms. The monoisotopic (exact) mass is 394 g/mol. The normalized spacial score (nSPS) is 17.6. The summed E-state index contributed by atoms with van der Waals surface area (Å²) >= 11 is 2.88. The van der Waals surface area contributed by atoms with Gasteiger partial charge in [-0.15, -0.1) is 23.1 Å². The Labute approximate surface area is 159 Å². The molecule has 0 aliphatic carbocycles. The average molecular weight is 395 g/mol. The number of nitrogens with zero attached hydrogens (tertiary/aromatic N) is 2. The lowest BCUT2D eigenvalue weighted by Gasteiger charge is -2.33. The smallest absolute Gasteiger partial charge is 0.259 e. The molecule has 0 unspecified atom stereocenters. The molecule has 140 valence electrons. The molecule has 2 aromatic rings. The number of amides is 2. The number of thiophene rings is 1. The van der Waals surface area contributed by atoms with Crippen LogP contribution in [0.4, 0.5) is 0 Å². The molecule has 0 spiro atoms. The summed E-state index contributed by atoms with van der Waals surface area (Å²) in [5.74, 6) is 0.690. The number of aromatic amines is 1. The largest absolute Gasteiger partial charge is 0.368 e. The number of aromatic nitrogens is 2. The van der Waals surface area contributed by atoms with Gasteiger partial charge < -0.3 is 15.6 Å². The Morgan fingerprint density at radius 1 is 1.38 bits per heavy atom. The summed E-state index contributed by atoms with van der Waals surface area (Å²) in [6, 6.07) is -0.497. The molecule has 3 rings (SSSR count). The van der Waals surface area contributed by atoms with Crippen molar-refractivity contribution in [1.29, 1.82) is 0 Å². The van der Waals surface area contributed by atoms with E-state index >= 15 is 0 Å². The third-order valence-corrected chi connectivity index (χ3v) is 6.73. The van der Waals surface area contributed by atoms with E-state index in [1.54, 1.807) is 4.90 Å². The number of carbonyl (C=O) groups excluding carboxylic acids is 2. The van der Waals surface area contributed by atoms with E-state index in [0.29, 0.717) is 29.9 Å². The van der Waals surface area contributed by atoms with Crippen molar-refractivity contribution in [3.05, 3.63) is 26.6 Å². The van der Waals surface area contributed by atoms with Crippen LogP contribution in [0.2, 0.25) is 0 Å². The van der Waals surface area contributed by atoms with Gasteiger partial charge in [-0.3, -0.25) is 14.4 Å². The van der Waals surface area contributed by atoms with Crippen LogP contribution >= 0.6 is 23.1 Å².